The molecule has 0 bridgehead atoms. The third kappa shape index (κ3) is 2.29. The van der Waals surface area contributed by atoms with Crippen molar-refractivity contribution in [3.63, 3.8) is 0 Å². The first-order valence-electron chi connectivity index (χ1n) is 9.37. The lowest BCUT2D eigenvalue weighted by molar-refractivity contribution is 0.160. The van der Waals surface area contributed by atoms with Crippen LogP contribution in [0, 0.1) is 0 Å². The molecular weight excluding hydrogens is 310 g/mol. The molecule has 2 atom stereocenters. The van der Waals surface area contributed by atoms with Crippen LogP contribution in [-0.4, -0.2) is 25.7 Å². The zero-order valence-corrected chi connectivity index (χ0v) is 15.6. The highest BCUT2D eigenvalue weighted by atomic mass is 16.5. The quantitative estimate of drug-likeness (QED) is 0.753. The van der Waals surface area contributed by atoms with Gasteiger partial charge >= 0.3 is 0 Å². The van der Waals surface area contributed by atoms with Crippen LogP contribution in [0.4, 0.5) is 0 Å². The molecule has 132 valence electrons. The molecule has 2 aromatic carbocycles. The zero-order valence-electron chi connectivity index (χ0n) is 15.6. The summed E-state index contributed by atoms with van der Waals surface area (Å²) < 4.78 is 11.3. The third-order valence-electron chi connectivity index (χ3n) is 5.87. The molecule has 0 spiro atoms. The molecule has 0 saturated carbocycles. The summed E-state index contributed by atoms with van der Waals surface area (Å²) in [6.07, 6.45) is 3.48. The van der Waals surface area contributed by atoms with Gasteiger partial charge in [0, 0.05) is 17.6 Å². The molecule has 0 N–H and O–H groups in total. The van der Waals surface area contributed by atoms with E-state index in [0.29, 0.717) is 12.1 Å². The Morgan fingerprint density at radius 1 is 1.08 bits per heavy atom. The Kier molecular flexibility index (Phi) is 4.20. The first kappa shape index (κ1) is 16.5. The summed E-state index contributed by atoms with van der Waals surface area (Å²) in [6.45, 7) is 5.66. The van der Waals surface area contributed by atoms with Gasteiger partial charge < -0.3 is 9.47 Å². The number of methoxy groups -OCH3 is 2. The van der Waals surface area contributed by atoms with Gasteiger partial charge in [0.2, 0.25) is 0 Å². The number of nitrogens with zero attached hydrogens (tertiary/aromatic N) is 1. The van der Waals surface area contributed by atoms with Gasteiger partial charge in [0.1, 0.15) is 0 Å². The largest absolute Gasteiger partial charge is 0.493 e. The van der Waals surface area contributed by atoms with E-state index in [-0.39, 0.29) is 0 Å². The van der Waals surface area contributed by atoms with Crippen LogP contribution >= 0.6 is 0 Å². The molecule has 1 aliphatic carbocycles. The summed E-state index contributed by atoms with van der Waals surface area (Å²) >= 11 is 0. The lowest BCUT2D eigenvalue weighted by Crippen LogP contribution is -2.28. The van der Waals surface area contributed by atoms with Gasteiger partial charge in [-0.1, -0.05) is 44.5 Å². The van der Waals surface area contributed by atoms with E-state index in [2.05, 4.69) is 43.0 Å². The SMILES string of the molecule is CCC[C@H]1c2cccc3c2C(Cc2ccc(OC)c(OC)c2-3)N1CC. The maximum atomic E-state index is 5.78. The van der Waals surface area contributed by atoms with Crippen molar-refractivity contribution in [3.05, 3.63) is 47.0 Å². The second-order valence-electron chi connectivity index (χ2n) is 7.00. The van der Waals surface area contributed by atoms with E-state index in [1.165, 1.54) is 40.7 Å². The van der Waals surface area contributed by atoms with Crippen molar-refractivity contribution in [1.82, 2.24) is 4.90 Å². The highest BCUT2D eigenvalue weighted by Crippen LogP contribution is 2.55. The number of hydrogen-bond acceptors (Lipinski definition) is 3. The maximum absolute atomic E-state index is 5.78. The Balaban J connectivity index is 1.95. The summed E-state index contributed by atoms with van der Waals surface area (Å²) in [6, 6.07) is 12.1. The zero-order chi connectivity index (χ0) is 17.6. The summed E-state index contributed by atoms with van der Waals surface area (Å²) in [5.41, 5.74) is 6.95. The van der Waals surface area contributed by atoms with E-state index in [9.17, 15) is 0 Å². The minimum absolute atomic E-state index is 0.485. The number of likely N-dealkylation sites (N-methyl/N-ethyl adjacent to an activating group) is 1. The van der Waals surface area contributed by atoms with E-state index in [4.69, 9.17) is 9.47 Å². The molecule has 0 saturated heterocycles. The van der Waals surface area contributed by atoms with Crippen molar-refractivity contribution >= 4 is 0 Å². The molecule has 1 unspecified atom stereocenters. The van der Waals surface area contributed by atoms with Gasteiger partial charge in [0.25, 0.3) is 0 Å². The average molecular weight is 337 g/mol. The predicted octanol–water partition coefficient (Wildman–Crippen LogP) is 5.14. The van der Waals surface area contributed by atoms with Crippen molar-refractivity contribution in [1.29, 1.82) is 0 Å². The minimum atomic E-state index is 0.485. The van der Waals surface area contributed by atoms with Gasteiger partial charge in [0.05, 0.1) is 14.2 Å². The van der Waals surface area contributed by atoms with E-state index in [0.717, 1.165) is 24.5 Å². The molecule has 3 nitrogen and oxygen atoms in total. The van der Waals surface area contributed by atoms with Gasteiger partial charge in [-0.15, -0.1) is 0 Å². The monoisotopic (exact) mass is 337 g/mol. The van der Waals surface area contributed by atoms with Crippen LogP contribution in [0.3, 0.4) is 0 Å². The van der Waals surface area contributed by atoms with E-state index >= 15 is 0 Å². The lowest BCUT2D eigenvalue weighted by Gasteiger charge is -2.33. The Bertz CT molecular complexity index is 799. The summed E-state index contributed by atoms with van der Waals surface area (Å²) in [7, 11) is 3.45. The summed E-state index contributed by atoms with van der Waals surface area (Å²) in [4.78, 5) is 2.69. The highest BCUT2D eigenvalue weighted by Gasteiger charge is 2.42. The Labute approximate surface area is 150 Å². The van der Waals surface area contributed by atoms with Gasteiger partial charge in [-0.3, -0.25) is 4.90 Å². The van der Waals surface area contributed by atoms with Crippen LogP contribution < -0.4 is 9.47 Å². The first-order chi connectivity index (χ1) is 12.2. The molecule has 2 aromatic rings. The van der Waals surface area contributed by atoms with Crippen molar-refractivity contribution in [2.45, 2.75) is 45.2 Å². The predicted molar refractivity (Wildman–Crippen MR) is 101 cm³/mol. The van der Waals surface area contributed by atoms with Crippen LogP contribution in [0.15, 0.2) is 30.3 Å². The van der Waals surface area contributed by atoms with Crippen molar-refractivity contribution in [3.8, 4) is 22.6 Å². The van der Waals surface area contributed by atoms with Gasteiger partial charge in [-0.2, -0.15) is 0 Å². The molecule has 0 aromatic heterocycles. The Morgan fingerprint density at radius 2 is 1.92 bits per heavy atom. The average Bonchev–Trinajstić information content (AvgIpc) is 2.95. The third-order valence-corrected chi connectivity index (χ3v) is 5.87. The number of hydrogen-bond donors (Lipinski definition) is 0. The first-order valence-corrected chi connectivity index (χ1v) is 9.37. The Morgan fingerprint density at radius 3 is 2.60 bits per heavy atom. The standard InChI is InChI=1S/C22H27NO2/c1-5-8-17-15-9-7-10-16-20-14(11-12-19(24-3)22(20)25-4)13-18(21(15)16)23(17)6-2/h7,9-12,17-18H,5-6,8,13H2,1-4H3/t17-,18?/m0/s1. The normalized spacial score (nSPS) is 21.0. The summed E-state index contributed by atoms with van der Waals surface area (Å²) in [5, 5.41) is 0. The van der Waals surface area contributed by atoms with Gasteiger partial charge in [0.15, 0.2) is 11.5 Å². The molecule has 1 aliphatic heterocycles. The van der Waals surface area contributed by atoms with Gasteiger partial charge in [-0.05, 0) is 47.7 Å². The minimum Gasteiger partial charge on any atom is -0.493 e. The van der Waals surface area contributed by atoms with Crippen LogP contribution in [0.25, 0.3) is 11.1 Å². The van der Waals surface area contributed by atoms with E-state index < -0.39 is 0 Å². The molecule has 0 amide bonds. The molecule has 0 fully saturated rings. The van der Waals surface area contributed by atoms with Crippen LogP contribution in [0.5, 0.6) is 11.5 Å². The lowest BCUT2D eigenvalue weighted by atomic mass is 9.81. The molecule has 3 heteroatoms. The molecular formula is C22H27NO2. The molecule has 2 aliphatic rings. The van der Waals surface area contributed by atoms with Crippen molar-refractivity contribution in [2.75, 3.05) is 20.8 Å². The van der Waals surface area contributed by atoms with Crippen LogP contribution in [0.2, 0.25) is 0 Å². The van der Waals surface area contributed by atoms with Crippen molar-refractivity contribution in [2.24, 2.45) is 0 Å². The number of ether oxygens (including phenoxy) is 2. The fourth-order valence-electron chi connectivity index (χ4n) is 4.92. The molecule has 1 heterocycles. The van der Waals surface area contributed by atoms with Crippen molar-refractivity contribution < 1.29 is 9.47 Å². The molecule has 25 heavy (non-hydrogen) atoms. The van der Waals surface area contributed by atoms with E-state index in [1.54, 1.807) is 14.2 Å². The van der Waals surface area contributed by atoms with Crippen LogP contribution in [0.1, 0.15) is 55.5 Å². The summed E-state index contributed by atoms with van der Waals surface area (Å²) in [5.74, 6) is 1.68. The smallest absolute Gasteiger partial charge is 0.168 e. The maximum Gasteiger partial charge on any atom is 0.168 e. The molecule has 0 radical (unpaired) electrons. The fourth-order valence-corrected chi connectivity index (χ4v) is 4.92. The highest BCUT2D eigenvalue weighted by molar-refractivity contribution is 5.83. The topological polar surface area (TPSA) is 21.7 Å². The number of rotatable bonds is 5. The molecule has 4 rings (SSSR count). The van der Waals surface area contributed by atoms with E-state index in [1.807, 2.05) is 6.07 Å². The second kappa shape index (κ2) is 6.38. The Hall–Kier alpha value is -2.00. The second-order valence-corrected chi connectivity index (χ2v) is 7.00. The van der Waals surface area contributed by atoms with Crippen LogP contribution in [-0.2, 0) is 6.42 Å². The fraction of sp³-hybridized carbons (Fsp3) is 0.455. The van der Waals surface area contributed by atoms with Gasteiger partial charge in [-0.25, -0.2) is 0 Å². The number of fused-ring (bicyclic) bond motifs is 2. The number of benzene rings is 2.